The maximum Gasteiger partial charge on any atom is 0.254 e. The lowest BCUT2D eigenvalue weighted by atomic mass is 9.74. The van der Waals surface area contributed by atoms with Gasteiger partial charge >= 0.3 is 0 Å². The van der Waals surface area contributed by atoms with E-state index >= 15 is 0 Å². The first-order valence-corrected chi connectivity index (χ1v) is 14.4. The van der Waals surface area contributed by atoms with Crippen molar-refractivity contribution in [2.75, 3.05) is 57.8 Å². The zero-order chi connectivity index (χ0) is 27.0. The van der Waals surface area contributed by atoms with E-state index in [0.29, 0.717) is 32.8 Å². The summed E-state index contributed by atoms with van der Waals surface area (Å²) in [6, 6.07) is 15.0. The normalized spacial score (nSPS) is 24.5. The number of anilines is 1. The molecule has 2 atom stereocenters. The van der Waals surface area contributed by atoms with Gasteiger partial charge in [-0.15, -0.1) is 0 Å². The second-order valence-corrected chi connectivity index (χ2v) is 11.9. The van der Waals surface area contributed by atoms with Gasteiger partial charge in [-0.3, -0.25) is 14.5 Å². The molecule has 4 aliphatic heterocycles. The van der Waals surface area contributed by atoms with Crippen molar-refractivity contribution >= 4 is 17.5 Å². The molecule has 2 saturated heterocycles. The van der Waals surface area contributed by atoms with Gasteiger partial charge in [0.05, 0.1) is 12.7 Å². The number of nitrogens with one attached hydrogen (secondary N) is 1. The van der Waals surface area contributed by atoms with Gasteiger partial charge in [0.25, 0.3) is 5.91 Å². The lowest BCUT2D eigenvalue weighted by molar-refractivity contribution is -0.129. The van der Waals surface area contributed by atoms with Crippen LogP contribution in [0.1, 0.15) is 53.2 Å². The zero-order valence-corrected chi connectivity index (χ0v) is 22.9. The number of carbonyl (C=O) groups excluding carboxylic acids is 2. The third kappa shape index (κ3) is 5.42. The zero-order valence-electron chi connectivity index (χ0n) is 22.9. The average Bonchev–Trinajstić information content (AvgIpc) is 3.41. The smallest absolute Gasteiger partial charge is 0.254 e. The summed E-state index contributed by atoms with van der Waals surface area (Å²) in [5, 5.41) is 14.7. The third-order valence-electron chi connectivity index (χ3n) is 9.13. The van der Waals surface area contributed by atoms with Crippen LogP contribution in [-0.2, 0) is 27.9 Å². The highest BCUT2D eigenvalue weighted by molar-refractivity contribution is 5.98. The van der Waals surface area contributed by atoms with Crippen LogP contribution in [0.3, 0.4) is 0 Å². The van der Waals surface area contributed by atoms with E-state index in [1.165, 1.54) is 11.1 Å². The summed E-state index contributed by atoms with van der Waals surface area (Å²) in [6.07, 6.45) is 3.03. The number of ether oxygens (including phenoxy) is 1. The molecular weight excluding hydrogens is 492 g/mol. The summed E-state index contributed by atoms with van der Waals surface area (Å²) >= 11 is 0. The minimum Gasteiger partial charge on any atom is -0.390 e. The van der Waals surface area contributed by atoms with Gasteiger partial charge in [0, 0.05) is 82.1 Å². The second-order valence-electron chi connectivity index (χ2n) is 11.9. The lowest BCUT2D eigenvalue weighted by Crippen LogP contribution is -2.53. The number of β-amino-alcohol motifs (C(OH)–C–C–N with tert-alkyl or cyclic N) is 1. The van der Waals surface area contributed by atoms with Crippen LogP contribution >= 0.6 is 0 Å². The highest BCUT2D eigenvalue weighted by atomic mass is 16.5. The number of nitrogens with zero attached hydrogens (tertiary/aromatic N) is 3. The van der Waals surface area contributed by atoms with Gasteiger partial charge in [0.2, 0.25) is 5.91 Å². The molecule has 6 rings (SSSR count). The molecule has 2 aromatic rings. The van der Waals surface area contributed by atoms with Crippen LogP contribution in [-0.4, -0.2) is 96.2 Å². The molecule has 8 nitrogen and oxygen atoms in total. The highest BCUT2D eigenvalue weighted by Gasteiger charge is 2.46. The molecule has 4 aliphatic rings. The molecule has 2 fully saturated rings. The Labute approximate surface area is 230 Å². The van der Waals surface area contributed by atoms with Gasteiger partial charge in [-0.1, -0.05) is 30.3 Å². The topological polar surface area (TPSA) is 85.4 Å². The molecule has 0 aliphatic carbocycles. The Morgan fingerprint density at radius 3 is 2.67 bits per heavy atom. The fourth-order valence-corrected chi connectivity index (χ4v) is 6.95. The Morgan fingerprint density at radius 1 is 1.13 bits per heavy atom. The summed E-state index contributed by atoms with van der Waals surface area (Å²) in [7, 11) is 0. The first-order chi connectivity index (χ1) is 18.9. The summed E-state index contributed by atoms with van der Waals surface area (Å²) < 4.78 is 5.86. The van der Waals surface area contributed by atoms with Crippen molar-refractivity contribution in [2.24, 2.45) is 0 Å². The molecule has 39 heavy (non-hydrogen) atoms. The Bertz CT molecular complexity index is 1220. The number of rotatable bonds is 6. The van der Waals surface area contributed by atoms with Crippen molar-refractivity contribution in [3.05, 3.63) is 64.7 Å². The van der Waals surface area contributed by atoms with Gasteiger partial charge in [-0.05, 0) is 54.5 Å². The van der Waals surface area contributed by atoms with E-state index in [4.69, 9.17) is 4.74 Å². The van der Waals surface area contributed by atoms with Crippen molar-refractivity contribution in [1.29, 1.82) is 0 Å². The van der Waals surface area contributed by atoms with Gasteiger partial charge in [0.1, 0.15) is 0 Å². The molecule has 8 heteroatoms. The van der Waals surface area contributed by atoms with E-state index in [1.807, 2.05) is 15.9 Å². The summed E-state index contributed by atoms with van der Waals surface area (Å²) in [4.78, 5) is 31.5. The number of amides is 2. The van der Waals surface area contributed by atoms with Crippen molar-refractivity contribution < 1.29 is 19.4 Å². The first kappa shape index (κ1) is 26.3. The van der Waals surface area contributed by atoms with E-state index in [9.17, 15) is 14.7 Å². The fraction of sp³-hybridized carbons (Fsp3) is 0.548. The van der Waals surface area contributed by atoms with E-state index in [2.05, 4.69) is 46.6 Å². The van der Waals surface area contributed by atoms with E-state index in [1.54, 1.807) is 6.92 Å². The van der Waals surface area contributed by atoms with Crippen LogP contribution in [0.5, 0.6) is 0 Å². The van der Waals surface area contributed by atoms with E-state index < -0.39 is 6.10 Å². The van der Waals surface area contributed by atoms with Crippen molar-refractivity contribution in [3.63, 3.8) is 0 Å². The monoisotopic (exact) mass is 532 g/mol. The van der Waals surface area contributed by atoms with Crippen molar-refractivity contribution in [1.82, 2.24) is 14.7 Å². The first-order valence-electron chi connectivity index (χ1n) is 14.4. The molecule has 4 heterocycles. The van der Waals surface area contributed by atoms with Gasteiger partial charge in [-0.25, -0.2) is 0 Å². The number of piperidine rings is 1. The number of likely N-dealkylation sites (tertiary alicyclic amines) is 1. The number of fused-ring (bicyclic) bond motifs is 3. The van der Waals surface area contributed by atoms with E-state index in [-0.39, 0.29) is 23.3 Å². The molecule has 2 amide bonds. The van der Waals surface area contributed by atoms with Crippen molar-refractivity contribution in [2.45, 2.75) is 56.7 Å². The number of aliphatic hydroxyl groups excluding tert-OH is 1. The quantitative estimate of drug-likeness (QED) is 0.595. The molecule has 2 N–H and O–H groups in total. The number of hydrogen-bond donors (Lipinski definition) is 2. The largest absolute Gasteiger partial charge is 0.390 e. The molecule has 1 spiro atoms. The van der Waals surface area contributed by atoms with Crippen LogP contribution < -0.4 is 5.32 Å². The summed E-state index contributed by atoms with van der Waals surface area (Å²) in [5.74, 6) is 0.116. The fourth-order valence-electron chi connectivity index (χ4n) is 6.95. The van der Waals surface area contributed by atoms with Crippen LogP contribution in [0, 0.1) is 0 Å². The predicted octanol–water partition coefficient (Wildman–Crippen LogP) is 2.64. The predicted molar refractivity (Wildman–Crippen MR) is 150 cm³/mol. The second kappa shape index (κ2) is 10.9. The minimum atomic E-state index is -0.618. The summed E-state index contributed by atoms with van der Waals surface area (Å²) in [6.45, 7) is 7.62. The molecule has 2 aromatic carbocycles. The molecular formula is C31H40N4O4. The number of benzene rings is 2. The Morgan fingerprint density at radius 2 is 1.92 bits per heavy atom. The number of hydrogen-bond acceptors (Lipinski definition) is 6. The standard InChI is InChI=1S/C31H40N4O4/c1-22(36)34-13-9-25(10-14-34)32-26-6-7-29-28(16-26)30(38)35(20-31(29)11-15-39-21-31)19-27(37)18-33-12-8-23-4-2-3-5-24(23)17-33/h2-7,16,25,27,32,37H,8-15,17-21H2,1H3/t27-,31?/m1/s1. The molecule has 0 bridgehead atoms. The van der Waals surface area contributed by atoms with Crippen LogP contribution in [0.15, 0.2) is 42.5 Å². The maximum absolute atomic E-state index is 13.8. The Balaban J connectivity index is 1.15. The molecule has 0 saturated carbocycles. The third-order valence-corrected chi connectivity index (χ3v) is 9.13. The number of carbonyl (C=O) groups is 2. The average molecular weight is 533 g/mol. The highest BCUT2D eigenvalue weighted by Crippen LogP contribution is 2.41. The van der Waals surface area contributed by atoms with Gasteiger partial charge in [-0.2, -0.15) is 0 Å². The molecule has 208 valence electrons. The van der Waals surface area contributed by atoms with Crippen LogP contribution in [0.2, 0.25) is 0 Å². The molecule has 0 aromatic heterocycles. The maximum atomic E-state index is 13.8. The molecule has 1 unspecified atom stereocenters. The van der Waals surface area contributed by atoms with E-state index in [0.717, 1.165) is 68.7 Å². The van der Waals surface area contributed by atoms with Crippen LogP contribution in [0.4, 0.5) is 5.69 Å². The van der Waals surface area contributed by atoms with Crippen molar-refractivity contribution in [3.8, 4) is 0 Å². The lowest BCUT2D eigenvalue weighted by Gasteiger charge is -2.42. The Hall–Kier alpha value is -2.94. The number of aliphatic hydroxyl groups is 1. The molecule has 0 radical (unpaired) electrons. The van der Waals surface area contributed by atoms with Gasteiger partial charge < -0.3 is 25.0 Å². The van der Waals surface area contributed by atoms with Crippen LogP contribution in [0.25, 0.3) is 0 Å². The Kier molecular flexibility index (Phi) is 7.35. The summed E-state index contributed by atoms with van der Waals surface area (Å²) in [5.41, 5.74) is 5.22. The van der Waals surface area contributed by atoms with Gasteiger partial charge in [0.15, 0.2) is 0 Å². The SMILES string of the molecule is CC(=O)N1CCC(Nc2ccc3c(c2)C(=O)N(C[C@H](O)CN2CCc4ccccc4C2)CC32CCOC2)CC1. The minimum absolute atomic E-state index is 0.0133.